The molecular weight excluding hydrogens is 260 g/mol. The molecule has 0 spiro atoms. The molecule has 0 radical (unpaired) electrons. The van der Waals surface area contributed by atoms with Gasteiger partial charge in [-0.25, -0.2) is 15.8 Å². The van der Waals surface area contributed by atoms with E-state index in [0.717, 1.165) is 34.7 Å². The average Bonchev–Trinajstić information content (AvgIpc) is 2.45. The van der Waals surface area contributed by atoms with Crippen molar-refractivity contribution in [1.82, 2.24) is 9.97 Å². The van der Waals surface area contributed by atoms with Crippen molar-refractivity contribution in [3.05, 3.63) is 17.1 Å². The predicted molar refractivity (Wildman–Crippen MR) is 88.2 cm³/mol. The van der Waals surface area contributed by atoms with Crippen molar-refractivity contribution in [3.8, 4) is 0 Å². The summed E-state index contributed by atoms with van der Waals surface area (Å²) >= 11 is 0. The molecule has 4 heteroatoms. The van der Waals surface area contributed by atoms with Crippen LogP contribution in [0.4, 0.5) is 5.82 Å². The number of anilines is 1. The van der Waals surface area contributed by atoms with Gasteiger partial charge in [0, 0.05) is 17.2 Å². The first-order valence-electron chi connectivity index (χ1n) is 8.29. The van der Waals surface area contributed by atoms with Crippen LogP contribution < -0.4 is 11.3 Å². The van der Waals surface area contributed by atoms with Gasteiger partial charge in [-0.05, 0) is 50.4 Å². The average molecular weight is 290 g/mol. The molecule has 0 atom stereocenters. The van der Waals surface area contributed by atoms with E-state index in [4.69, 9.17) is 15.8 Å². The molecule has 0 aromatic carbocycles. The largest absolute Gasteiger partial charge is 0.308 e. The monoisotopic (exact) mass is 290 g/mol. The molecule has 0 amide bonds. The van der Waals surface area contributed by atoms with Gasteiger partial charge >= 0.3 is 0 Å². The van der Waals surface area contributed by atoms with Gasteiger partial charge in [-0.15, -0.1) is 0 Å². The molecule has 1 aromatic rings. The Hall–Kier alpha value is -1.16. The lowest BCUT2D eigenvalue weighted by molar-refractivity contribution is 0.254. The number of nitrogen functional groups attached to an aromatic ring is 1. The maximum atomic E-state index is 5.68. The third-order valence-corrected chi connectivity index (χ3v) is 4.95. The molecule has 21 heavy (non-hydrogen) atoms. The second-order valence-electron chi connectivity index (χ2n) is 7.08. The first-order valence-corrected chi connectivity index (χ1v) is 8.29. The molecule has 1 saturated carbocycles. The zero-order valence-electron chi connectivity index (χ0n) is 14.1. The van der Waals surface area contributed by atoms with Gasteiger partial charge < -0.3 is 5.43 Å². The molecule has 1 aromatic heterocycles. The van der Waals surface area contributed by atoms with E-state index in [1.54, 1.807) is 0 Å². The Morgan fingerprint density at radius 3 is 2.14 bits per heavy atom. The van der Waals surface area contributed by atoms with Crippen LogP contribution in [0.1, 0.15) is 82.3 Å². The van der Waals surface area contributed by atoms with Crippen LogP contribution in [0.25, 0.3) is 0 Å². The van der Waals surface area contributed by atoms with Gasteiger partial charge in [0.25, 0.3) is 0 Å². The zero-order chi connectivity index (χ0) is 15.6. The van der Waals surface area contributed by atoms with Crippen molar-refractivity contribution in [2.24, 2.45) is 17.7 Å². The number of nitrogens with one attached hydrogen (secondary N) is 1. The van der Waals surface area contributed by atoms with Crippen LogP contribution in [0, 0.1) is 18.8 Å². The van der Waals surface area contributed by atoms with Crippen molar-refractivity contribution in [3.63, 3.8) is 0 Å². The van der Waals surface area contributed by atoms with Crippen molar-refractivity contribution in [1.29, 1.82) is 0 Å². The summed E-state index contributed by atoms with van der Waals surface area (Å²) in [7, 11) is 0. The quantitative estimate of drug-likeness (QED) is 0.646. The van der Waals surface area contributed by atoms with E-state index < -0.39 is 0 Å². The van der Waals surface area contributed by atoms with E-state index in [1.807, 2.05) is 0 Å². The lowest BCUT2D eigenvalue weighted by Gasteiger charge is -2.30. The molecular formula is C17H30N4. The number of nitrogens with two attached hydrogens (primary N) is 1. The van der Waals surface area contributed by atoms with Gasteiger partial charge in [0.1, 0.15) is 11.6 Å². The van der Waals surface area contributed by atoms with Gasteiger partial charge in [-0.3, -0.25) is 0 Å². The molecule has 0 saturated heterocycles. The minimum atomic E-state index is 0.377. The smallest absolute Gasteiger partial charge is 0.147 e. The summed E-state index contributed by atoms with van der Waals surface area (Å²) < 4.78 is 0. The lowest BCUT2D eigenvalue weighted by Crippen LogP contribution is -2.21. The van der Waals surface area contributed by atoms with Gasteiger partial charge in [0.05, 0.1) is 0 Å². The second kappa shape index (κ2) is 6.73. The number of hydrogen-bond donors (Lipinski definition) is 2. The van der Waals surface area contributed by atoms with E-state index in [-0.39, 0.29) is 0 Å². The van der Waals surface area contributed by atoms with Crippen molar-refractivity contribution >= 4 is 5.82 Å². The molecule has 2 rings (SSSR count). The zero-order valence-corrected chi connectivity index (χ0v) is 14.1. The Morgan fingerprint density at radius 2 is 1.67 bits per heavy atom. The van der Waals surface area contributed by atoms with Gasteiger partial charge in [-0.1, -0.05) is 27.7 Å². The highest BCUT2D eigenvalue weighted by Gasteiger charge is 2.27. The van der Waals surface area contributed by atoms with Crippen LogP contribution in [-0.2, 0) is 0 Å². The Morgan fingerprint density at radius 1 is 1.05 bits per heavy atom. The lowest BCUT2D eigenvalue weighted by atomic mass is 9.76. The third-order valence-electron chi connectivity index (χ3n) is 4.95. The molecule has 1 fully saturated rings. The standard InChI is InChI=1S/C17H30N4/c1-10(2)13-6-8-14(9-7-13)16-19-12(5)15(11(3)4)17(20-16)21-18/h10-11,13-14H,6-9,18H2,1-5H3,(H,19,20,21). The molecule has 1 heterocycles. The normalized spacial score (nSPS) is 22.9. The third kappa shape index (κ3) is 3.54. The van der Waals surface area contributed by atoms with Crippen LogP contribution in [0.5, 0.6) is 0 Å². The SMILES string of the molecule is Cc1nc(C2CCC(C(C)C)CC2)nc(NN)c1C(C)C. The summed E-state index contributed by atoms with van der Waals surface area (Å²) in [4.78, 5) is 9.51. The number of aryl methyl sites for hydroxylation is 1. The molecule has 0 aliphatic heterocycles. The summed E-state index contributed by atoms with van der Waals surface area (Å²) in [6.45, 7) is 11.0. The Kier molecular flexibility index (Phi) is 5.20. The molecule has 3 N–H and O–H groups in total. The Balaban J connectivity index is 2.20. The summed E-state index contributed by atoms with van der Waals surface area (Å²) in [5.74, 6) is 9.98. The van der Waals surface area contributed by atoms with Crippen molar-refractivity contribution in [2.75, 3.05) is 5.43 Å². The fourth-order valence-corrected chi connectivity index (χ4v) is 3.63. The molecule has 0 bridgehead atoms. The summed E-state index contributed by atoms with van der Waals surface area (Å²) in [6, 6.07) is 0. The molecule has 1 aliphatic carbocycles. The van der Waals surface area contributed by atoms with E-state index in [0.29, 0.717) is 11.8 Å². The number of hydrazine groups is 1. The van der Waals surface area contributed by atoms with Crippen LogP contribution in [0.2, 0.25) is 0 Å². The highest BCUT2D eigenvalue weighted by Crippen LogP contribution is 2.38. The Labute approximate surface area is 128 Å². The first-order chi connectivity index (χ1) is 9.93. The van der Waals surface area contributed by atoms with Crippen LogP contribution >= 0.6 is 0 Å². The second-order valence-corrected chi connectivity index (χ2v) is 7.08. The molecule has 0 unspecified atom stereocenters. The maximum absolute atomic E-state index is 5.68. The van der Waals surface area contributed by atoms with Crippen LogP contribution in [-0.4, -0.2) is 9.97 Å². The van der Waals surface area contributed by atoms with E-state index in [9.17, 15) is 0 Å². The molecule has 4 nitrogen and oxygen atoms in total. The number of aromatic nitrogens is 2. The van der Waals surface area contributed by atoms with Gasteiger partial charge in [-0.2, -0.15) is 0 Å². The van der Waals surface area contributed by atoms with E-state index >= 15 is 0 Å². The number of rotatable bonds is 4. The van der Waals surface area contributed by atoms with E-state index in [2.05, 4.69) is 40.0 Å². The minimum Gasteiger partial charge on any atom is -0.308 e. The summed E-state index contributed by atoms with van der Waals surface area (Å²) in [5.41, 5.74) is 4.97. The minimum absolute atomic E-state index is 0.377. The number of hydrogen-bond acceptors (Lipinski definition) is 4. The number of nitrogens with zero attached hydrogens (tertiary/aromatic N) is 2. The fraction of sp³-hybridized carbons (Fsp3) is 0.765. The van der Waals surface area contributed by atoms with E-state index in [1.165, 1.54) is 25.7 Å². The van der Waals surface area contributed by atoms with Gasteiger partial charge in [0.2, 0.25) is 0 Å². The fourth-order valence-electron chi connectivity index (χ4n) is 3.63. The van der Waals surface area contributed by atoms with Gasteiger partial charge in [0.15, 0.2) is 0 Å². The molecule has 118 valence electrons. The van der Waals surface area contributed by atoms with Crippen molar-refractivity contribution in [2.45, 2.75) is 72.1 Å². The highest BCUT2D eigenvalue weighted by atomic mass is 15.3. The summed E-state index contributed by atoms with van der Waals surface area (Å²) in [5, 5.41) is 0. The topological polar surface area (TPSA) is 63.8 Å². The first kappa shape index (κ1) is 16.2. The van der Waals surface area contributed by atoms with Crippen LogP contribution in [0.3, 0.4) is 0 Å². The molecule has 1 aliphatic rings. The Bertz CT molecular complexity index is 474. The van der Waals surface area contributed by atoms with Crippen molar-refractivity contribution < 1.29 is 0 Å². The maximum Gasteiger partial charge on any atom is 0.147 e. The highest BCUT2D eigenvalue weighted by molar-refractivity contribution is 5.47. The van der Waals surface area contributed by atoms with Crippen LogP contribution in [0.15, 0.2) is 0 Å². The predicted octanol–water partition coefficient (Wildman–Crippen LogP) is 4.12. The summed E-state index contributed by atoms with van der Waals surface area (Å²) in [6.07, 6.45) is 4.99.